The molecule has 1 aliphatic rings. The zero-order valence-corrected chi connectivity index (χ0v) is 16.8. The van der Waals surface area contributed by atoms with Crippen LogP contribution in [-0.4, -0.2) is 54.0 Å². The number of ether oxygens (including phenoxy) is 1. The van der Waals surface area contributed by atoms with Gasteiger partial charge in [-0.05, 0) is 37.2 Å². The first-order valence-corrected chi connectivity index (χ1v) is 9.92. The summed E-state index contributed by atoms with van der Waals surface area (Å²) in [7, 11) is 0. The van der Waals surface area contributed by atoms with Crippen LogP contribution in [0.2, 0.25) is 0 Å². The van der Waals surface area contributed by atoms with E-state index >= 15 is 0 Å². The Morgan fingerprint density at radius 2 is 2.00 bits per heavy atom. The number of carbonyl (C=O) groups is 2. The molecule has 0 bridgehead atoms. The van der Waals surface area contributed by atoms with Crippen LogP contribution in [0.25, 0.3) is 0 Å². The van der Waals surface area contributed by atoms with E-state index in [0.29, 0.717) is 26.2 Å². The van der Waals surface area contributed by atoms with Gasteiger partial charge < -0.3 is 20.3 Å². The fourth-order valence-corrected chi connectivity index (χ4v) is 3.37. The lowest BCUT2D eigenvalue weighted by molar-refractivity contribution is -0.134. The van der Waals surface area contributed by atoms with Gasteiger partial charge in [-0.3, -0.25) is 4.79 Å². The summed E-state index contributed by atoms with van der Waals surface area (Å²) >= 11 is 0. The van der Waals surface area contributed by atoms with Crippen molar-refractivity contribution < 1.29 is 14.3 Å². The fraction of sp³-hybridized carbons (Fsp3) is 0.619. The number of hydrogen-bond donors (Lipinski definition) is 1. The molecule has 6 heteroatoms. The largest absolute Gasteiger partial charge is 0.445 e. The lowest BCUT2D eigenvalue weighted by Gasteiger charge is -2.35. The quantitative estimate of drug-likeness (QED) is 0.795. The third kappa shape index (κ3) is 6.24. The third-order valence-corrected chi connectivity index (χ3v) is 5.16. The molecule has 0 aliphatic carbocycles. The normalized spacial score (nSPS) is 18.3. The van der Waals surface area contributed by atoms with E-state index < -0.39 is 6.04 Å². The van der Waals surface area contributed by atoms with Gasteiger partial charge in [-0.25, -0.2) is 4.79 Å². The van der Waals surface area contributed by atoms with Crippen molar-refractivity contribution in [1.82, 2.24) is 9.80 Å². The molecule has 1 heterocycles. The van der Waals surface area contributed by atoms with E-state index in [2.05, 4.69) is 0 Å². The first kappa shape index (κ1) is 21.2. The van der Waals surface area contributed by atoms with E-state index in [0.717, 1.165) is 18.4 Å². The van der Waals surface area contributed by atoms with Gasteiger partial charge in [-0.15, -0.1) is 0 Å². The lowest BCUT2D eigenvalue weighted by Crippen LogP contribution is -2.50. The van der Waals surface area contributed by atoms with Crippen molar-refractivity contribution in [3.8, 4) is 0 Å². The van der Waals surface area contributed by atoms with E-state index in [1.165, 1.54) is 0 Å². The minimum Gasteiger partial charge on any atom is -0.445 e. The zero-order chi connectivity index (χ0) is 19.8. The van der Waals surface area contributed by atoms with Crippen molar-refractivity contribution in [2.24, 2.45) is 17.6 Å². The Balaban J connectivity index is 1.86. The summed E-state index contributed by atoms with van der Waals surface area (Å²) in [4.78, 5) is 28.6. The number of hydrogen-bond acceptors (Lipinski definition) is 4. The molecule has 150 valence electrons. The van der Waals surface area contributed by atoms with Crippen LogP contribution in [0.1, 0.15) is 39.2 Å². The Labute approximate surface area is 162 Å². The second kappa shape index (κ2) is 10.3. The highest BCUT2D eigenvalue weighted by molar-refractivity contribution is 5.81. The standard InChI is InChI=1S/C21H33N3O3/c1-4-23(20(25)19(22)16(2)3)13-18-11-8-12-24(14-18)21(26)27-15-17-9-6-5-7-10-17/h5-7,9-10,16,18-19H,4,8,11-15,22H2,1-3H3/t18-,19-/m0/s1. The predicted octanol–water partition coefficient (Wildman–Crippen LogP) is 2.87. The highest BCUT2D eigenvalue weighted by atomic mass is 16.6. The molecule has 0 radical (unpaired) electrons. The van der Waals surface area contributed by atoms with Crippen molar-refractivity contribution in [1.29, 1.82) is 0 Å². The van der Waals surface area contributed by atoms with Crippen molar-refractivity contribution in [3.05, 3.63) is 35.9 Å². The molecule has 1 fully saturated rings. The Morgan fingerprint density at radius 3 is 2.63 bits per heavy atom. The van der Waals surface area contributed by atoms with Gasteiger partial charge >= 0.3 is 6.09 Å². The van der Waals surface area contributed by atoms with E-state index in [-0.39, 0.29) is 30.4 Å². The molecule has 2 rings (SSSR count). The van der Waals surface area contributed by atoms with Crippen molar-refractivity contribution in [3.63, 3.8) is 0 Å². The maximum atomic E-state index is 12.6. The third-order valence-electron chi connectivity index (χ3n) is 5.16. The number of likely N-dealkylation sites (tertiary alicyclic amines) is 1. The number of rotatable bonds is 7. The Bertz CT molecular complexity index is 606. The monoisotopic (exact) mass is 375 g/mol. The summed E-state index contributed by atoms with van der Waals surface area (Å²) in [5.74, 6) is 0.366. The molecule has 27 heavy (non-hydrogen) atoms. The minimum atomic E-state index is -0.472. The van der Waals surface area contributed by atoms with Crippen molar-refractivity contribution in [2.75, 3.05) is 26.2 Å². The first-order valence-electron chi connectivity index (χ1n) is 9.92. The molecule has 0 saturated carbocycles. The lowest BCUT2D eigenvalue weighted by atomic mass is 9.96. The SMILES string of the molecule is CCN(C[C@@H]1CCCN(C(=O)OCc2ccccc2)C1)C(=O)[C@@H](N)C(C)C. The molecular weight excluding hydrogens is 342 g/mol. The number of benzene rings is 1. The Kier molecular flexibility index (Phi) is 8.10. The highest BCUT2D eigenvalue weighted by Gasteiger charge is 2.29. The number of likely N-dealkylation sites (N-methyl/N-ethyl adjacent to an activating group) is 1. The minimum absolute atomic E-state index is 0.00345. The predicted molar refractivity (Wildman–Crippen MR) is 106 cm³/mol. The highest BCUT2D eigenvalue weighted by Crippen LogP contribution is 2.19. The van der Waals surface area contributed by atoms with Crippen LogP contribution >= 0.6 is 0 Å². The van der Waals surface area contributed by atoms with Gasteiger partial charge in [0.25, 0.3) is 0 Å². The van der Waals surface area contributed by atoms with E-state index in [1.807, 2.05) is 56.0 Å². The Hall–Kier alpha value is -2.08. The average molecular weight is 376 g/mol. The number of nitrogens with zero attached hydrogens (tertiary/aromatic N) is 2. The summed E-state index contributed by atoms with van der Waals surface area (Å²) in [5, 5.41) is 0. The molecule has 1 saturated heterocycles. The molecule has 0 aromatic heterocycles. The summed E-state index contributed by atoms with van der Waals surface area (Å²) < 4.78 is 5.45. The van der Waals surface area contributed by atoms with Gasteiger partial charge in [0, 0.05) is 26.2 Å². The first-order chi connectivity index (χ1) is 12.9. The molecule has 2 amide bonds. The molecule has 2 N–H and O–H groups in total. The number of carbonyl (C=O) groups excluding carboxylic acids is 2. The Morgan fingerprint density at radius 1 is 1.30 bits per heavy atom. The molecule has 2 atom stereocenters. The molecule has 6 nitrogen and oxygen atoms in total. The number of amides is 2. The number of nitrogens with two attached hydrogens (primary N) is 1. The molecular formula is C21H33N3O3. The fourth-order valence-electron chi connectivity index (χ4n) is 3.37. The van der Waals surface area contributed by atoms with Crippen molar-refractivity contribution in [2.45, 2.75) is 46.3 Å². The molecule has 0 spiro atoms. The van der Waals surface area contributed by atoms with Gasteiger partial charge in [0.05, 0.1) is 6.04 Å². The topological polar surface area (TPSA) is 75.9 Å². The summed E-state index contributed by atoms with van der Waals surface area (Å²) in [6.45, 7) is 8.77. The number of piperidine rings is 1. The van der Waals surface area contributed by atoms with E-state index in [9.17, 15) is 9.59 Å². The van der Waals surface area contributed by atoms with E-state index in [1.54, 1.807) is 4.90 Å². The van der Waals surface area contributed by atoms with Crippen LogP contribution < -0.4 is 5.73 Å². The summed E-state index contributed by atoms with van der Waals surface area (Å²) in [6, 6.07) is 9.20. The molecule has 1 aliphatic heterocycles. The second-order valence-electron chi connectivity index (χ2n) is 7.64. The zero-order valence-electron chi connectivity index (χ0n) is 16.8. The van der Waals surface area contributed by atoms with Crippen LogP contribution in [-0.2, 0) is 16.1 Å². The van der Waals surface area contributed by atoms with Gasteiger partial charge in [-0.2, -0.15) is 0 Å². The van der Waals surface area contributed by atoms with Crippen LogP contribution in [0, 0.1) is 11.8 Å². The van der Waals surface area contributed by atoms with Crippen LogP contribution in [0.5, 0.6) is 0 Å². The summed E-state index contributed by atoms with van der Waals surface area (Å²) in [6.07, 6.45) is 1.65. The maximum absolute atomic E-state index is 12.6. The second-order valence-corrected chi connectivity index (χ2v) is 7.64. The molecule has 1 aromatic rings. The maximum Gasteiger partial charge on any atom is 0.410 e. The van der Waals surface area contributed by atoms with Crippen LogP contribution in [0.3, 0.4) is 0 Å². The smallest absolute Gasteiger partial charge is 0.410 e. The van der Waals surface area contributed by atoms with Gasteiger partial charge in [0.1, 0.15) is 6.61 Å². The molecule has 0 unspecified atom stereocenters. The average Bonchev–Trinajstić information content (AvgIpc) is 2.70. The van der Waals surface area contributed by atoms with Gasteiger partial charge in [0.2, 0.25) is 5.91 Å². The van der Waals surface area contributed by atoms with Crippen LogP contribution in [0.4, 0.5) is 4.79 Å². The van der Waals surface area contributed by atoms with E-state index in [4.69, 9.17) is 10.5 Å². The van der Waals surface area contributed by atoms with Crippen molar-refractivity contribution >= 4 is 12.0 Å². The summed E-state index contributed by atoms with van der Waals surface area (Å²) in [5.41, 5.74) is 7.01. The van der Waals surface area contributed by atoms with Gasteiger partial charge in [0.15, 0.2) is 0 Å². The van der Waals surface area contributed by atoms with Gasteiger partial charge in [-0.1, -0.05) is 44.2 Å². The molecule has 1 aromatic carbocycles. The van der Waals surface area contributed by atoms with Crippen LogP contribution in [0.15, 0.2) is 30.3 Å².